The zero-order chi connectivity index (χ0) is 35.3. The van der Waals surface area contributed by atoms with Crippen LogP contribution in [-0.2, 0) is 0 Å². The third-order valence-corrected chi connectivity index (χ3v) is 11.4. The Hall–Kier alpha value is -7.16. The molecule has 12 aromatic rings. The van der Waals surface area contributed by atoms with Crippen LogP contribution in [0.25, 0.3) is 120 Å². The lowest BCUT2D eigenvalue weighted by molar-refractivity contribution is 0.665. The summed E-state index contributed by atoms with van der Waals surface area (Å²) in [7, 11) is 0. The van der Waals surface area contributed by atoms with Gasteiger partial charge in [-0.2, -0.15) is 0 Å². The van der Waals surface area contributed by atoms with Crippen molar-refractivity contribution in [1.82, 2.24) is 0 Å². The lowest BCUT2D eigenvalue weighted by Gasteiger charge is -2.18. The molecule has 10 aromatic carbocycles. The number of para-hydroxylation sites is 1. The summed E-state index contributed by atoms with van der Waals surface area (Å²) in [5, 5.41) is 13.8. The summed E-state index contributed by atoms with van der Waals surface area (Å²) in [4.78, 5) is 0. The monoisotopic (exact) mass is 686 g/mol. The number of furan rings is 2. The van der Waals surface area contributed by atoms with Gasteiger partial charge in [-0.25, -0.2) is 0 Å². The van der Waals surface area contributed by atoms with E-state index in [4.69, 9.17) is 8.83 Å². The molecule has 54 heavy (non-hydrogen) atoms. The van der Waals surface area contributed by atoms with Gasteiger partial charge in [0.15, 0.2) is 0 Å². The summed E-state index contributed by atoms with van der Waals surface area (Å²) in [5.41, 5.74) is 10.6. The maximum absolute atomic E-state index is 7.14. The number of hydrogen-bond acceptors (Lipinski definition) is 2. The molecule has 0 bridgehead atoms. The van der Waals surface area contributed by atoms with E-state index < -0.39 is 0 Å². The van der Waals surface area contributed by atoms with E-state index in [1.165, 1.54) is 54.6 Å². The highest BCUT2D eigenvalue weighted by Gasteiger charge is 2.25. The van der Waals surface area contributed by atoms with Crippen LogP contribution in [0.1, 0.15) is 0 Å². The predicted octanol–water partition coefficient (Wildman–Crippen LogP) is 15.1. The Morgan fingerprint density at radius 2 is 0.852 bits per heavy atom. The molecule has 0 aliphatic rings. The van der Waals surface area contributed by atoms with Crippen molar-refractivity contribution in [3.63, 3.8) is 0 Å². The first-order chi connectivity index (χ1) is 26.8. The standard InChI is InChI=1S/C52H30O2/c1-2-12-31(13-3-1)33-22-23-35-29-36(25-24-34(35)28-33)47-38-16-6-8-18-40(38)48(41-19-9-7-17-39(41)47)44-30-46-49(42-20-10-11-21-45(42)53-46)50-43-27-26-32-14-4-5-15-37(32)51(43)54-52(44)50/h1-30H. The van der Waals surface area contributed by atoms with Crippen LogP contribution in [0, 0.1) is 0 Å². The molecule has 0 aliphatic carbocycles. The lowest BCUT2D eigenvalue weighted by atomic mass is 9.85. The Morgan fingerprint density at radius 1 is 0.278 bits per heavy atom. The number of hydrogen-bond donors (Lipinski definition) is 0. The van der Waals surface area contributed by atoms with E-state index in [0.717, 1.165) is 65.8 Å². The van der Waals surface area contributed by atoms with Gasteiger partial charge in [0.2, 0.25) is 0 Å². The van der Waals surface area contributed by atoms with Gasteiger partial charge in [0.05, 0.1) is 0 Å². The second-order valence-electron chi connectivity index (χ2n) is 14.3. The van der Waals surface area contributed by atoms with Crippen molar-refractivity contribution in [3.8, 4) is 33.4 Å². The Kier molecular flexibility index (Phi) is 6.09. The van der Waals surface area contributed by atoms with Gasteiger partial charge >= 0.3 is 0 Å². The van der Waals surface area contributed by atoms with Gasteiger partial charge in [-0.1, -0.05) is 152 Å². The summed E-state index contributed by atoms with van der Waals surface area (Å²) < 4.78 is 13.8. The molecule has 0 amide bonds. The summed E-state index contributed by atoms with van der Waals surface area (Å²) in [6, 6.07) is 65.4. The molecule has 2 heteroatoms. The van der Waals surface area contributed by atoms with Crippen molar-refractivity contribution in [2.24, 2.45) is 0 Å². The fourth-order valence-corrected chi connectivity index (χ4v) is 9.01. The van der Waals surface area contributed by atoms with Crippen LogP contribution in [0.4, 0.5) is 0 Å². The average Bonchev–Trinajstić information content (AvgIpc) is 3.81. The van der Waals surface area contributed by atoms with Crippen molar-refractivity contribution in [1.29, 1.82) is 0 Å². The van der Waals surface area contributed by atoms with Gasteiger partial charge in [0.25, 0.3) is 0 Å². The normalized spacial score (nSPS) is 12.1. The van der Waals surface area contributed by atoms with E-state index in [9.17, 15) is 0 Å². The van der Waals surface area contributed by atoms with Crippen molar-refractivity contribution in [3.05, 3.63) is 182 Å². The van der Waals surface area contributed by atoms with E-state index in [1.54, 1.807) is 0 Å². The summed E-state index contributed by atoms with van der Waals surface area (Å²) in [5.74, 6) is 0. The molecular weight excluding hydrogens is 657 g/mol. The van der Waals surface area contributed by atoms with E-state index in [2.05, 4.69) is 176 Å². The van der Waals surface area contributed by atoms with Crippen LogP contribution >= 0.6 is 0 Å². The molecular formula is C52H30O2. The van der Waals surface area contributed by atoms with E-state index in [1.807, 2.05) is 6.07 Å². The average molecular weight is 687 g/mol. The smallest absolute Gasteiger partial charge is 0.144 e. The highest BCUT2D eigenvalue weighted by atomic mass is 16.3. The van der Waals surface area contributed by atoms with Gasteiger partial charge in [-0.3, -0.25) is 0 Å². The molecule has 12 rings (SSSR count). The zero-order valence-corrected chi connectivity index (χ0v) is 29.1. The number of rotatable bonds is 3. The summed E-state index contributed by atoms with van der Waals surface area (Å²) in [6.07, 6.45) is 0. The summed E-state index contributed by atoms with van der Waals surface area (Å²) >= 11 is 0. The first-order valence-corrected chi connectivity index (χ1v) is 18.5. The third-order valence-electron chi connectivity index (χ3n) is 11.4. The van der Waals surface area contributed by atoms with Crippen molar-refractivity contribution < 1.29 is 8.83 Å². The molecule has 0 N–H and O–H groups in total. The predicted molar refractivity (Wildman–Crippen MR) is 227 cm³/mol. The fraction of sp³-hybridized carbons (Fsp3) is 0. The Bertz CT molecular complexity index is 3430. The second kappa shape index (κ2) is 11.2. The van der Waals surface area contributed by atoms with Crippen LogP contribution in [0.15, 0.2) is 191 Å². The molecule has 0 spiro atoms. The molecule has 2 nitrogen and oxygen atoms in total. The minimum atomic E-state index is 0.858. The molecule has 0 atom stereocenters. The molecule has 0 radical (unpaired) electrons. The van der Waals surface area contributed by atoms with E-state index in [-0.39, 0.29) is 0 Å². The fourth-order valence-electron chi connectivity index (χ4n) is 9.01. The van der Waals surface area contributed by atoms with Crippen LogP contribution in [0.2, 0.25) is 0 Å². The molecule has 0 saturated heterocycles. The lowest BCUT2D eigenvalue weighted by Crippen LogP contribution is -1.91. The Labute approximate surface area is 310 Å². The van der Waals surface area contributed by atoms with E-state index >= 15 is 0 Å². The first-order valence-electron chi connectivity index (χ1n) is 18.5. The number of benzene rings is 10. The topological polar surface area (TPSA) is 26.3 Å². The van der Waals surface area contributed by atoms with Crippen LogP contribution < -0.4 is 0 Å². The Balaban J connectivity index is 1.18. The molecule has 250 valence electrons. The minimum Gasteiger partial charge on any atom is -0.456 e. The molecule has 0 aliphatic heterocycles. The maximum atomic E-state index is 7.14. The van der Waals surface area contributed by atoms with Crippen molar-refractivity contribution >= 4 is 87.0 Å². The molecule has 0 saturated carbocycles. The molecule has 0 unspecified atom stereocenters. The van der Waals surface area contributed by atoms with Gasteiger partial charge in [0.1, 0.15) is 22.3 Å². The molecule has 0 fully saturated rings. The minimum absolute atomic E-state index is 0.858. The highest BCUT2D eigenvalue weighted by Crippen LogP contribution is 2.50. The van der Waals surface area contributed by atoms with Crippen LogP contribution in [-0.4, -0.2) is 0 Å². The zero-order valence-electron chi connectivity index (χ0n) is 29.1. The van der Waals surface area contributed by atoms with Crippen molar-refractivity contribution in [2.75, 3.05) is 0 Å². The molecule has 2 heterocycles. The van der Waals surface area contributed by atoms with Crippen LogP contribution in [0.5, 0.6) is 0 Å². The van der Waals surface area contributed by atoms with E-state index in [0.29, 0.717) is 0 Å². The summed E-state index contributed by atoms with van der Waals surface area (Å²) in [6.45, 7) is 0. The second-order valence-corrected chi connectivity index (χ2v) is 14.3. The largest absolute Gasteiger partial charge is 0.456 e. The van der Waals surface area contributed by atoms with Gasteiger partial charge in [0, 0.05) is 38.1 Å². The Morgan fingerprint density at radius 3 is 1.59 bits per heavy atom. The van der Waals surface area contributed by atoms with Gasteiger partial charge in [-0.15, -0.1) is 0 Å². The SMILES string of the molecule is c1ccc(-c2ccc3cc(-c4c5ccccc5c(-c5cc6oc7ccccc7c6c6c5oc5c7ccccc7ccc56)c5ccccc45)ccc3c2)cc1. The van der Waals surface area contributed by atoms with Gasteiger partial charge < -0.3 is 8.83 Å². The quantitative estimate of drug-likeness (QED) is 0.173. The number of fused-ring (bicyclic) bond motifs is 12. The maximum Gasteiger partial charge on any atom is 0.144 e. The van der Waals surface area contributed by atoms with Crippen LogP contribution in [0.3, 0.4) is 0 Å². The van der Waals surface area contributed by atoms with Gasteiger partial charge in [-0.05, 0) is 90.3 Å². The third kappa shape index (κ3) is 4.17. The first kappa shape index (κ1) is 29.4. The van der Waals surface area contributed by atoms with Crippen molar-refractivity contribution in [2.45, 2.75) is 0 Å². The molecule has 2 aromatic heterocycles. The highest BCUT2D eigenvalue weighted by molar-refractivity contribution is 6.33.